The smallest absolute Gasteiger partial charge is 0.229 e. The number of carbonyl (C=O) groups excluding carboxylic acids is 1. The number of nitrogens with one attached hydrogen (secondary N) is 2. The van der Waals surface area contributed by atoms with Crippen molar-refractivity contribution in [2.45, 2.75) is 32.4 Å². The van der Waals surface area contributed by atoms with Crippen LogP contribution in [0.4, 0.5) is 5.95 Å². The number of piperidine rings is 1. The van der Waals surface area contributed by atoms with E-state index in [0.717, 1.165) is 29.4 Å². The summed E-state index contributed by atoms with van der Waals surface area (Å²) >= 11 is 3.44. The van der Waals surface area contributed by atoms with Crippen LogP contribution >= 0.6 is 28.3 Å². The van der Waals surface area contributed by atoms with Gasteiger partial charge in [-0.05, 0) is 44.0 Å². The zero-order valence-electron chi connectivity index (χ0n) is 13.5. The summed E-state index contributed by atoms with van der Waals surface area (Å²) in [6.07, 6.45) is 5.37. The second-order valence-corrected chi connectivity index (χ2v) is 6.99. The zero-order chi connectivity index (χ0) is 16.2. The zero-order valence-corrected chi connectivity index (χ0v) is 15.9. The molecule has 5 nitrogen and oxygen atoms in total. The van der Waals surface area contributed by atoms with Gasteiger partial charge in [-0.15, -0.1) is 12.4 Å². The molecule has 0 saturated carbocycles. The molecular weight excluding hydrogens is 392 g/mol. The van der Waals surface area contributed by atoms with Crippen LogP contribution in [0.2, 0.25) is 0 Å². The van der Waals surface area contributed by atoms with Crippen LogP contribution in [-0.2, 0) is 11.3 Å². The molecule has 2 N–H and O–H groups in total. The average molecular weight is 414 g/mol. The van der Waals surface area contributed by atoms with E-state index in [1.165, 1.54) is 0 Å². The largest absolute Gasteiger partial charge is 0.314 e. The lowest BCUT2D eigenvalue weighted by Gasteiger charge is -2.27. The Hall–Kier alpha value is -1.37. The van der Waals surface area contributed by atoms with Crippen molar-refractivity contribution in [3.8, 4) is 0 Å². The number of nitrogens with zero attached hydrogens (tertiary/aromatic N) is 2. The standard InChI is InChI=1S/C17H21BrN4O.ClH/c1-12-10-14(6-7-19-12)16(23)21-17-20-8-9-22(17)11-13-2-4-15(18)5-3-13;/h2-5,8-9,12,14,19H,6-7,10-11H2,1H3,(H,20,21,23);1H/t12-,14-;/m0./s1. The van der Waals surface area contributed by atoms with Crippen LogP contribution in [0.1, 0.15) is 25.3 Å². The van der Waals surface area contributed by atoms with Gasteiger partial charge in [0.15, 0.2) is 0 Å². The third-order valence-electron chi connectivity index (χ3n) is 4.21. The van der Waals surface area contributed by atoms with Gasteiger partial charge >= 0.3 is 0 Å². The Balaban J connectivity index is 0.00000208. The highest BCUT2D eigenvalue weighted by atomic mass is 79.9. The van der Waals surface area contributed by atoms with Gasteiger partial charge in [-0.1, -0.05) is 28.1 Å². The Labute approximate surface area is 156 Å². The summed E-state index contributed by atoms with van der Waals surface area (Å²) < 4.78 is 3.02. The molecule has 1 amide bonds. The molecule has 2 atom stereocenters. The first-order valence-corrected chi connectivity index (χ1v) is 8.71. The second kappa shape index (κ2) is 8.65. The van der Waals surface area contributed by atoms with Crippen molar-refractivity contribution in [1.82, 2.24) is 14.9 Å². The lowest BCUT2D eigenvalue weighted by atomic mass is 9.92. The highest BCUT2D eigenvalue weighted by Gasteiger charge is 2.25. The molecule has 130 valence electrons. The summed E-state index contributed by atoms with van der Waals surface area (Å²) in [6, 6.07) is 8.54. The number of hydrogen-bond donors (Lipinski definition) is 2. The first-order chi connectivity index (χ1) is 11.1. The van der Waals surface area contributed by atoms with E-state index in [4.69, 9.17) is 0 Å². The van der Waals surface area contributed by atoms with E-state index in [2.05, 4.69) is 50.6 Å². The molecule has 1 aliphatic heterocycles. The van der Waals surface area contributed by atoms with Crippen LogP contribution in [0.15, 0.2) is 41.1 Å². The van der Waals surface area contributed by atoms with E-state index in [1.807, 2.05) is 22.9 Å². The van der Waals surface area contributed by atoms with E-state index in [0.29, 0.717) is 18.5 Å². The third-order valence-corrected chi connectivity index (χ3v) is 4.74. The van der Waals surface area contributed by atoms with Gasteiger partial charge in [-0.2, -0.15) is 0 Å². The van der Waals surface area contributed by atoms with Crippen LogP contribution < -0.4 is 10.6 Å². The molecule has 1 aromatic heterocycles. The lowest BCUT2D eigenvalue weighted by molar-refractivity contribution is -0.120. The minimum Gasteiger partial charge on any atom is -0.314 e. The van der Waals surface area contributed by atoms with Gasteiger partial charge in [-0.25, -0.2) is 4.98 Å². The van der Waals surface area contributed by atoms with Gasteiger partial charge < -0.3 is 9.88 Å². The lowest BCUT2D eigenvalue weighted by Crippen LogP contribution is -2.40. The van der Waals surface area contributed by atoms with Crippen LogP contribution in [0.5, 0.6) is 0 Å². The molecule has 0 radical (unpaired) electrons. The van der Waals surface area contributed by atoms with Gasteiger partial charge in [0, 0.05) is 28.8 Å². The van der Waals surface area contributed by atoms with Crippen molar-refractivity contribution in [2.75, 3.05) is 11.9 Å². The topological polar surface area (TPSA) is 59.0 Å². The van der Waals surface area contributed by atoms with Gasteiger partial charge in [0.1, 0.15) is 0 Å². The molecule has 1 aliphatic rings. The molecule has 3 rings (SSSR count). The van der Waals surface area contributed by atoms with Gasteiger partial charge in [-0.3, -0.25) is 10.1 Å². The molecule has 2 aromatic rings. The number of imidazole rings is 1. The Kier molecular flexibility index (Phi) is 6.83. The minimum atomic E-state index is 0. The van der Waals surface area contributed by atoms with E-state index in [-0.39, 0.29) is 24.2 Å². The minimum absolute atomic E-state index is 0. The molecule has 7 heteroatoms. The van der Waals surface area contributed by atoms with Crippen molar-refractivity contribution in [1.29, 1.82) is 0 Å². The second-order valence-electron chi connectivity index (χ2n) is 6.07. The maximum absolute atomic E-state index is 12.5. The monoisotopic (exact) mass is 412 g/mol. The SMILES string of the molecule is C[C@H]1C[C@@H](C(=O)Nc2nccn2Cc2ccc(Br)cc2)CCN1.Cl. The number of hydrogen-bond acceptors (Lipinski definition) is 3. The summed E-state index contributed by atoms with van der Waals surface area (Å²) in [5.41, 5.74) is 1.16. The molecule has 1 aromatic carbocycles. The quantitative estimate of drug-likeness (QED) is 0.807. The van der Waals surface area contributed by atoms with Gasteiger partial charge in [0.05, 0.1) is 6.54 Å². The normalized spacial score (nSPS) is 20.2. The van der Waals surface area contributed by atoms with Crippen molar-refractivity contribution in [3.05, 3.63) is 46.7 Å². The number of rotatable bonds is 4. The maximum Gasteiger partial charge on any atom is 0.229 e. The summed E-state index contributed by atoms with van der Waals surface area (Å²) in [6.45, 7) is 3.70. The number of anilines is 1. The maximum atomic E-state index is 12.5. The Bertz CT molecular complexity index is 673. The van der Waals surface area contributed by atoms with E-state index in [1.54, 1.807) is 6.20 Å². The predicted molar refractivity (Wildman–Crippen MR) is 102 cm³/mol. The number of aromatic nitrogens is 2. The summed E-state index contributed by atoms with van der Waals surface area (Å²) in [5, 5.41) is 6.36. The van der Waals surface area contributed by atoms with Crippen molar-refractivity contribution in [2.24, 2.45) is 5.92 Å². The number of benzene rings is 1. The molecule has 0 unspecified atom stereocenters. The predicted octanol–water partition coefficient (Wildman–Crippen LogP) is 3.44. The number of amides is 1. The van der Waals surface area contributed by atoms with E-state index >= 15 is 0 Å². The van der Waals surface area contributed by atoms with Crippen molar-refractivity contribution in [3.63, 3.8) is 0 Å². The fourth-order valence-electron chi connectivity index (χ4n) is 2.93. The third kappa shape index (κ3) is 4.82. The number of carbonyl (C=O) groups is 1. The van der Waals surface area contributed by atoms with Crippen molar-refractivity contribution < 1.29 is 4.79 Å². The summed E-state index contributed by atoms with van der Waals surface area (Å²) in [5.74, 6) is 0.745. The molecule has 1 saturated heterocycles. The molecule has 2 heterocycles. The van der Waals surface area contributed by atoms with Crippen molar-refractivity contribution >= 4 is 40.2 Å². The molecule has 0 bridgehead atoms. The summed E-state index contributed by atoms with van der Waals surface area (Å²) in [4.78, 5) is 16.8. The summed E-state index contributed by atoms with van der Waals surface area (Å²) in [7, 11) is 0. The Morgan fingerprint density at radius 2 is 2.17 bits per heavy atom. The van der Waals surface area contributed by atoms with Crippen LogP contribution in [0.25, 0.3) is 0 Å². The molecule has 0 aliphatic carbocycles. The average Bonchev–Trinajstić information content (AvgIpc) is 2.96. The van der Waals surface area contributed by atoms with Gasteiger partial charge in [0.2, 0.25) is 11.9 Å². The highest BCUT2D eigenvalue weighted by molar-refractivity contribution is 9.10. The fourth-order valence-corrected chi connectivity index (χ4v) is 3.19. The van der Waals surface area contributed by atoms with E-state index in [9.17, 15) is 4.79 Å². The van der Waals surface area contributed by atoms with Crippen LogP contribution in [0, 0.1) is 5.92 Å². The van der Waals surface area contributed by atoms with E-state index < -0.39 is 0 Å². The first kappa shape index (κ1) is 19.0. The fraction of sp³-hybridized carbons (Fsp3) is 0.412. The van der Waals surface area contributed by atoms with Gasteiger partial charge in [0.25, 0.3) is 0 Å². The first-order valence-electron chi connectivity index (χ1n) is 7.91. The Morgan fingerprint density at radius 3 is 2.88 bits per heavy atom. The van der Waals surface area contributed by atoms with Crippen LogP contribution in [-0.4, -0.2) is 28.0 Å². The molecule has 24 heavy (non-hydrogen) atoms. The highest BCUT2D eigenvalue weighted by Crippen LogP contribution is 2.19. The molecule has 0 spiro atoms. The molecule has 1 fully saturated rings. The Morgan fingerprint density at radius 1 is 1.42 bits per heavy atom. The molecular formula is C17H22BrClN4O. The number of halogens is 2. The van der Waals surface area contributed by atoms with Crippen LogP contribution in [0.3, 0.4) is 0 Å².